The fourth-order valence-electron chi connectivity index (χ4n) is 13.1. The van der Waals surface area contributed by atoms with Gasteiger partial charge in [0.25, 0.3) is 0 Å². The maximum atomic E-state index is 13.1. The molecule has 0 aromatic heterocycles. The van der Waals surface area contributed by atoms with Crippen molar-refractivity contribution in [1.82, 2.24) is 0 Å². The maximum Gasteiger partial charge on any atom is 0.472 e. The Hall–Kier alpha value is -1.94. The zero-order valence-electron chi connectivity index (χ0n) is 67.5. The molecule has 0 heterocycles. The van der Waals surface area contributed by atoms with Crippen LogP contribution in [0, 0.1) is 5.92 Å². The van der Waals surface area contributed by atoms with E-state index in [-0.39, 0.29) is 25.7 Å². The number of unbranched alkanes of at least 4 members (excludes halogenated alkanes) is 56. The van der Waals surface area contributed by atoms with Crippen molar-refractivity contribution in [2.45, 2.75) is 470 Å². The lowest BCUT2D eigenvalue weighted by molar-refractivity contribution is -0.161. The van der Waals surface area contributed by atoms with Gasteiger partial charge in [-0.1, -0.05) is 401 Å². The van der Waals surface area contributed by atoms with Crippen LogP contribution in [0.1, 0.15) is 452 Å². The Morgan fingerprint density at radius 1 is 0.262 bits per heavy atom. The molecule has 0 amide bonds. The Morgan fingerprint density at radius 2 is 0.447 bits per heavy atom. The van der Waals surface area contributed by atoms with Crippen LogP contribution < -0.4 is 0 Å². The van der Waals surface area contributed by atoms with Gasteiger partial charge in [-0.2, -0.15) is 0 Å². The third-order valence-corrected chi connectivity index (χ3v) is 21.7. The highest BCUT2D eigenvalue weighted by atomic mass is 31.2. The number of carbonyl (C=O) groups is 4. The lowest BCUT2D eigenvalue weighted by Crippen LogP contribution is -2.30. The normalized spacial score (nSPS) is 13.8. The summed E-state index contributed by atoms with van der Waals surface area (Å²) in [6, 6.07) is 0. The van der Waals surface area contributed by atoms with E-state index in [4.69, 9.17) is 37.0 Å². The number of aliphatic hydroxyl groups is 1. The highest BCUT2D eigenvalue weighted by molar-refractivity contribution is 7.47. The van der Waals surface area contributed by atoms with Gasteiger partial charge >= 0.3 is 39.5 Å². The summed E-state index contributed by atoms with van der Waals surface area (Å²) < 4.78 is 68.9. The summed E-state index contributed by atoms with van der Waals surface area (Å²) in [6.45, 7) is 7.37. The van der Waals surface area contributed by atoms with Crippen molar-refractivity contribution in [1.29, 1.82) is 0 Å². The molecule has 0 spiro atoms. The molecule has 0 bridgehead atoms. The van der Waals surface area contributed by atoms with Gasteiger partial charge in [0.05, 0.1) is 26.4 Å². The molecule has 3 N–H and O–H groups in total. The largest absolute Gasteiger partial charge is 0.472 e. The molecule has 17 nitrogen and oxygen atoms in total. The highest BCUT2D eigenvalue weighted by Crippen LogP contribution is 2.45. The van der Waals surface area contributed by atoms with Gasteiger partial charge in [-0.05, 0) is 31.6 Å². The van der Waals surface area contributed by atoms with Crippen LogP contribution in [0.15, 0.2) is 0 Å². The standard InChI is InChI=1S/C84H164O17P2/c1-6-9-12-15-18-21-24-27-29-30-31-32-33-34-35-38-45-50-55-60-65-70-84(89)101-80(74-95-82(87)68-63-58-53-48-43-40-39-41-46-51-56-61-66-77(4)5)76-99-103(92,93)97-72-78(85)71-96-102(90,91)98-75-79(73-94-81(86)67-62-57-52-47-42-36-26-23-20-17-14-11-8-3)100-83(88)69-64-59-54-49-44-37-28-25-22-19-16-13-10-7-2/h77-80,85H,6-76H2,1-5H3,(H,90,91)(H,92,93)/t78-,79+,80+/m0/s1. The van der Waals surface area contributed by atoms with Crippen molar-refractivity contribution in [3.8, 4) is 0 Å². The van der Waals surface area contributed by atoms with E-state index in [0.29, 0.717) is 25.7 Å². The molecule has 19 heteroatoms. The lowest BCUT2D eigenvalue weighted by atomic mass is 10.0. The van der Waals surface area contributed by atoms with E-state index in [1.165, 1.54) is 276 Å². The zero-order valence-corrected chi connectivity index (χ0v) is 69.3. The van der Waals surface area contributed by atoms with Crippen molar-refractivity contribution in [2.24, 2.45) is 5.92 Å². The number of hydrogen-bond acceptors (Lipinski definition) is 15. The summed E-state index contributed by atoms with van der Waals surface area (Å²) in [4.78, 5) is 73.2. The Kier molecular flexibility index (Phi) is 75.4. The molecule has 612 valence electrons. The molecule has 0 aliphatic rings. The van der Waals surface area contributed by atoms with E-state index >= 15 is 0 Å². The predicted molar refractivity (Wildman–Crippen MR) is 423 cm³/mol. The first-order valence-electron chi connectivity index (χ1n) is 43.6. The molecule has 0 aromatic carbocycles. The molecule has 0 saturated heterocycles. The summed E-state index contributed by atoms with van der Waals surface area (Å²) in [5, 5.41) is 10.7. The van der Waals surface area contributed by atoms with Crippen LogP contribution in [0.4, 0.5) is 0 Å². The first-order valence-corrected chi connectivity index (χ1v) is 46.6. The fourth-order valence-corrected chi connectivity index (χ4v) is 14.7. The van der Waals surface area contributed by atoms with Crippen molar-refractivity contribution < 1.29 is 80.2 Å². The van der Waals surface area contributed by atoms with Crippen LogP contribution >= 0.6 is 15.6 Å². The van der Waals surface area contributed by atoms with Gasteiger partial charge < -0.3 is 33.8 Å². The quantitative estimate of drug-likeness (QED) is 0.0222. The zero-order chi connectivity index (χ0) is 75.5. The summed E-state index contributed by atoms with van der Waals surface area (Å²) in [7, 11) is -9.92. The average Bonchev–Trinajstić information content (AvgIpc) is 0.910. The number of ether oxygens (including phenoxy) is 4. The van der Waals surface area contributed by atoms with Crippen LogP contribution in [0.2, 0.25) is 0 Å². The van der Waals surface area contributed by atoms with Crippen molar-refractivity contribution >= 4 is 39.5 Å². The molecule has 0 aliphatic carbocycles. The Bertz CT molecular complexity index is 1960. The summed E-state index contributed by atoms with van der Waals surface area (Å²) >= 11 is 0. The van der Waals surface area contributed by atoms with E-state index in [2.05, 4.69) is 34.6 Å². The Balaban J connectivity index is 5.24. The molecule has 0 aromatic rings. The average molecular weight is 1510 g/mol. The first kappa shape index (κ1) is 101. The minimum Gasteiger partial charge on any atom is -0.462 e. The smallest absolute Gasteiger partial charge is 0.462 e. The second kappa shape index (κ2) is 76.8. The number of hydrogen-bond donors (Lipinski definition) is 3. The summed E-state index contributed by atoms with van der Waals surface area (Å²) in [5.41, 5.74) is 0. The molecule has 2 unspecified atom stereocenters. The van der Waals surface area contributed by atoms with Crippen molar-refractivity contribution in [3.63, 3.8) is 0 Å². The molecular weight excluding hydrogens is 1340 g/mol. The Morgan fingerprint density at radius 3 is 0.660 bits per heavy atom. The van der Waals surface area contributed by atoms with Crippen LogP contribution in [-0.4, -0.2) is 96.7 Å². The second-order valence-electron chi connectivity index (χ2n) is 30.7. The number of phosphoric acid groups is 2. The number of carbonyl (C=O) groups excluding carboxylic acids is 4. The van der Waals surface area contributed by atoms with Gasteiger partial charge in [0.2, 0.25) is 0 Å². The van der Waals surface area contributed by atoms with Crippen LogP contribution in [0.25, 0.3) is 0 Å². The minimum atomic E-state index is -4.96. The van der Waals surface area contributed by atoms with Gasteiger partial charge in [0.15, 0.2) is 12.2 Å². The van der Waals surface area contributed by atoms with E-state index in [9.17, 15) is 43.2 Å². The third-order valence-electron chi connectivity index (χ3n) is 19.8. The van der Waals surface area contributed by atoms with E-state index in [0.717, 1.165) is 95.8 Å². The topological polar surface area (TPSA) is 237 Å². The van der Waals surface area contributed by atoms with Crippen LogP contribution in [-0.2, 0) is 65.4 Å². The molecule has 0 aliphatic heterocycles. The number of rotatable bonds is 84. The molecule has 0 rings (SSSR count). The van der Waals surface area contributed by atoms with Crippen molar-refractivity contribution in [2.75, 3.05) is 39.6 Å². The Labute approximate surface area is 632 Å². The number of phosphoric ester groups is 2. The fraction of sp³-hybridized carbons (Fsp3) is 0.952. The summed E-state index contributed by atoms with van der Waals surface area (Å²) in [5.74, 6) is -1.32. The lowest BCUT2D eigenvalue weighted by Gasteiger charge is -2.21. The predicted octanol–water partition coefficient (Wildman–Crippen LogP) is 25.6. The van der Waals surface area contributed by atoms with Gasteiger partial charge in [-0.25, -0.2) is 9.13 Å². The molecule has 0 saturated carbocycles. The number of esters is 4. The van der Waals surface area contributed by atoms with Gasteiger partial charge in [0, 0.05) is 25.7 Å². The first-order chi connectivity index (χ1) is 50.0. The molecular formula is C84H164O17P2. The second-order valence-corrected chi connectivity index (χ2v) is 33.6. The molecule has 5 atom stereocenters. The third kappa shape index (κ3) is 78.0. The van der Waals surface area contributed by atoms with Gasteiger partial charge in [-0.15, -0.1) is 0 Å². The highest BCUT2D eigenvalue weighted by Gasteiger charge is 2.30. The van der Waals surface area contributed by atoms with E-state index in [1.54, 1.807) is 0 Å². The summed E-state index contributed by atoms with van der Waals surface area (Å²) in [6.07, 6.45) is 69.3. The van der Waals surface area contributed by atoms with E-state index < -0.39 is 97.5 Å². The van der Waals surface area contributed by atoms with Crippen LogP contribution in [0.3, 0.4) is 0 Å². The SMILES string of the molecule is CCCCCCCCCCCCCCCCCCCCCCCC(=O)O[C@H](COC(=O)CCCCCCCCCCCCCCC(C)C)COP(=O)(O)OC[C@@H](O)COP(=O)(O)OC[C@@H](COC(=O)CCCCCCCCCCCCCCC)OC(=O)CCCCCCCCCCCCCCCC. The molecule has 103 heavy (non-hydrogen) atoms. The molecule has 0 fully saturated rings. The van der Waals surface area contributed by atoms with Gasteiger partial charge in [-0.3, -0.25) is 37.3 Å². The minimum absolute atomic E-state index is 0.109. The molecule has 0 radical (unpaired) electrons. The van der Waals surface area contributed by atoms with Gasteiger partial charge in [0.1, 0.15) is 19.3 Å². The maximum absolute atomic E-state index is 13.1. The number of aliphatic hydroxyl groups excluding tert-OH is 1. The van der Waals surface area contributed by atoms with Crippen LogP contribution in [0.5, 0.6) is 0 Å². The van der Waals surface area contributed by atoms with Crippen molar-refractivity contribution in [3.05, 3.63) is 0 Å². The monoisotopic (exact) mass is 1510 g/mol. The van der Waals surface area contributed by atoms with E-state index in [1.807, 2.05) is 0 Å².